The molecule has 0 aliphatic rings. The van der Waals surface area contributed by atoms with Crippen molar-refractivity contribution in [3.8, 4) is 0 Å². The number of urea groups is 1. The number of benzene rings is 1. The Morgan fingerprint density at radius 3 is 2.60 bits per heavy atom. The van der Waals surface area contributed by atoms with E-state index in [1.54, 1.807) is 12.1 Å². The maximum Gasteiger partial charge on any atom is 0.319 e. The summed E-state index contributed by atoms with van der Waals surface area (Å²) in [7, 11) is 0. The van der Waals surface area contributed by atoms with Gasteiger partial charge in [0.2, 0.25) is 0 Å². The quantitative estimate of drug-likeness (QED) is 0.879. The molecule has 2 rings (SSSR count). The van der Waals surface area contributed by atoms with Crippen LogP contribution in [-0.2, 0) is 0 Å². The first-order chi connectivity index (χ1) is 9.45. The Kier molecular flexibility index (Phi) is 4.35. The van der Waals surface area contributed by atoms with E-state index in [1.807, 2.05) is 39.0 Å². The van der Waals surface area contributed by atoms with Crippen molar-refractivity contribution in [2.45, 2.75) is 26.8 Å². The molecular weight excluding hydrogens is 276 g/mol. The lowest BCUT2D eigenvalue weighted by molar-refractivity contribution is 0.247. The van der Waals surface area contributed by atoms with Gasteiger partial charge in [0.15, 0.2) is 0 Å². The maximum atomic E-state index is 11.9. The summed E-state index contributed by atoms with van der Waals surface area (Å²) in [5, 5.41) is 6.03. The minimum absolute atomic E-state index is 0.215. The summed E-state index contributed by atoms with van der Waals surface area (Å²) in [6.07, 6.45) is 0. The van der Waals surface area contributed by atoms with Crippen LogP contribution < -0.4 is 10.6 Å². The summed E-state index contributed by atoms with van der Waals surface area (Å²) in [6.45, 7) is 5.66. The zero-order valence-corrected chi connectivity index (χ0v) is 12.4. The van der Waals surface area contributed by atoms with Crippen molar-refractivity contribution in [1.29, 1.82) is 0 Å². The number of anilines is 1. The van der Waals surface area contributed by atoms with Crippen LogP contribution in [0, 0.1) is 13.8 Å². The van der Waals surface area contributed by atoms with Crippen molar-refractivity contribution in [3.63, 3.8) is 0 Å². The molecule has 5 heteroatoms. The van der Waals surface area contributed by atoms with Crippen LogP contribution in [-0.4, -0.2) is 6.03 Å². The fourth-order valence-corrected chi connectivity index (χ4v) is 2.12. The summed E-state index contributed by atoms with van der Waals surface area (Å²) in [5.41, 5.74) is 1.62. The first kappa shape index (κ1) is 14.5. The van der Waals surface area contributed by atoms with Crippen molar-refractivity contribution in [2.24, 2.45) is 0 Å². The number of rotatable bonds is 3. The van der Waals surface area contributed by atoms with Gasteiger partial charge in [0.05, 0.1) is 16.8 Å². The van der Waals surface area contributed by atoms with Gasteiger partial charge in [-0.25, -0.2) is 4.79 Å². The number of hydrogen-bond acceptors (Lipinski definition) is 2. The van der Waals surface area contributed by atoms with Crippen LogP contribution in [0.25, 0.3) is 0 Å². The molecular formula is C15H17ClN2O2. The lowest BCUT2D eigenvalue weighted by atomic mass is 10.2. The van der Waals surface area contributed by atoms with Crippen molar-refractivity contribution in [1.82, 2.24) is 5.32 Å². The van der Waals surface area contributed by atoms with Crippen LogP contribution in [0.3, 0.4) is 0 Å². The van der Waals surface area contributed by atoms with Gasteiger partial charge in [0, 0.05) is 0 Å². The molecule has 1 aromatic carbocycles. The number of carbonyl (C=O) groups is 1. The van der Waals surface area contributed by atoms with E-state index in [0.717, 1.165) is 11.3 Å². The van der Waals surface area contributed by atoms with Crippen LogP contribution in [0.4, 0.5) is 10.5 Å². The molecule has 0 spiro atoms. The van der Waals surface area contributed by atoms with E-state index in [9.17, 15) is 4.79 Å². The second-order valence-corrected chi connectivity index (χ2v) is 5.16. The van der Waals surface area contributed by atoms with Gasteiger partial charge in [0.1, 0.15) is 11.5 Å². The van der Waals surface area contributed by atoms with Crippen molar-refractivity contribution < 1.29 is 9.21 Å². The SMILES string of the molecule is Cc1ccc(NC(=O)N[C@H](C)c2ccc(C)o2)c(Cl)c1. The third-order valence-electron chi connectivity index (χ3n) is 2.91. The molecule has 1 aromatic heterocycles. The van der Waals surface area contributed by atoms with Gasteiger partial charge in [-0.1, -0.05) is 17.7 Å². The van der Waals surface area contributed by atoms with Gasteiger partial charge >= 0.3 is 6.03 Å². The second kappa shape index (κ2) is 6.01. The Bertz CT molecular complexity index is 622. The Labute approximate surface area is 123 Å². The molecule has 2 aromatic rings. The standard InChI is InChI=1S/C15H17ClN2O2/c1-9-4-6-13(12(16)8-9)18-15(19)17-11(3)14-7-5-10(2)20-14/h4-8,11H,1-3H3,(H2,17,18,19)/t11-/m1/s1. The van der Waals surface area contributed by atoms with E-state index in [1.165, 1.54) is 0 Å². The van der Waals surface area contributed by atoms with Gasteiger partial charge in [-0.2, -0.15) is 0 Å². The number of furan rings is 1. The number of hydrogen-bond donors (Lipinski definition) is 2. The predicted octanol–water partition coefficient (Wildman–Crippen LogP) is 4.43. The monoisotopic (exact) mass is 292 g/mol. The zero-order valence-electron chi connectivity index (χ0n) is 11.7. The Morgan fingerprint density at radius 2 is 2.00 bits per heavy atom. The van der Waals surface area contributed by atoms with Crippen molar-refractivity contribution >= 4 is 23.3 Å². The third kappa shape index (κ3) is 3.54. The average Bonchev–Trinajstić information content (AvgIpc) is 2.79. The molecule has 0 aliphatic heterocycles. The van der Waals surface area contributed by atoms with E-state index >= 15 is 0 Å². The molecule has 0 saturated carbocycles. The summed E-state index contributed by atoms with van der Waals surface area (Å²) in [4.78, 5) is 11.9. The van der Waals surface area contributed by atoms with E-state index in [0.29, 0.717) is 16.5 Å². The van der Waals surface area contributed by atoms with E-state index in [2.05, 4.69) is 10.6 Å². The molecule has 4 nitrogen and oxygen atoms in total. The number of carbonyl (C=O) groups excluding carboxylic acids is 1. The highest BCUT2D eigenvalue weighted by atomic mass is 35.5. The second-order valence-electron chi connectivity index (χ2n) is 4.75. The molecule has 1 heterocycles. The normalized spacial score (nSPS) is 12.0. The Balaban J connectivity index is 1.98. The van der Waals surface area contributed by atoms with Gasteiger partial charge in [0.25, 0.3) is 0 Å². The maximum absolute atomic E-state index is 11.9. The van der Waals surface area contributed by atoms with Crippen LogP contribution in [0.15, 0.2) is 34.7 Å². The summed E-state index contributed by atoms with van der Waals surface area (Å²) in [6, 6.07) is 8.64. The Morgan fingerprint density at radius 1 is 1.25 bits per heavy atom. The third-order valence-corrected chi connectivity index (χ3v) is 3.22. The summed E-state index contributed by atoms with van der Waals surface area (Å²) in [5.74, 6) is 1.53. The number of halogens is 1. The average molecular weight is 293 g/mol. The number of amides is 2. The molecule has 0 aliphatic carbocycles. The minimum Gasteiger partial charge on any atom is -0.464 e. The highest BCUT2D eigenvalue weighted by molar-refractivity contribution is 6.33. The van der Waals surface area contributed by atoms with Crippen LogP contribution in [0.5, 0.6) is 0 Å². The fourth-order valence-electron chi connectivity index (χ4n) is 1.83. The topological polar surface area (TPSA) is 54.3 Å². The van der Waals surface area contributed by atoms with E-state index in [4.69, 9.17) is 16.0 Å². The van der Waals surface area contributed by atoms with Crippen LogP contribution in [0.1, 0.15) is 30.0 Å². The number of aryl methyl sites for hydroxylation is 2. The fraction of sp³-hybridized carbons (Fsp3) is 0.267. The highest BCUT2D eigenvalue weighted by Crippen LogP contribution is 2.23. The van der Waals surface area contributed by atoms with Crippen LogP contribution in [0.2, 0.25) is 5.02 Å². The predicted molar refractivity (Wildman–Crippen MR) is 80.2 cm³/mol. The highest BCUT2D eigenvalue weighted by Gasteiger charge is 2.13. The molecule has 0 saturated heterocycles. The summed E-state index contributed by atoms with van der Waals surface area (Å²) < 4.78 is 5.47. The van der Waals surface area contributed by atoms with Crippen molar-refractivity contribution in [3.05, 3.63) is 52.4 Å². The van der Waals surface area contributed by atoms with E-state index in [-0.39, 0.29) is 12.1 Å². The minimum atomic E-state index is -0.322. The molecule has 106 valence electrons. The molecule has 0 radical (unpaired) electrons. The first-order valence-corrected chi connectivity index (χ1v) is 6.73. The van der Waals surface area contributed by atoms with Gasteiger partial charge < -0.3 is 15.1 Å². The molecule has 2 N–H and O–H groups in total. The van der Waals surface area contributed by atoms with Gasteiger partial charge in [-0.15, -0.1) is 0 Å². The van der Waals surface area contributed by atoms with Crippen molar-refractivity contribution in [2.75, 3.05) is 5.32 Å². The molecule has 1 atom stereocenters. The Hall–Kier alpha value is -1.94. The zero-order chi connectivity index (χ0) is 14.7. The summed E-state index contributed by atoms with van der Waals surface area (Å²) >= 11 is 6.07. The smallest absolute Gasteiger partial charge is 0.319 e. The molecule has 0 fully saturated rings. The molecule has 0 unspecified atom stereocenters. The molecule has 2 amide bonds. The molecule has 0 bridgehead atoms. The van der Waals surface area contributed by atoms with Crippen LogP contribution >= 0.6 is 11.6 Å². The lowest BCUT2D eigenvalue weighted by Gasteiger charge is -2.13. The lowest BCUT2D eigenvalue weighted by Crippen LogP contribution is -2.31. The largest absolute Gasteiger partial charge is 0.464 e. The van der Waals surface area contributed by atoms with E-state index < -0.39 is 0 Å². The van der Waals surface area contributed by atoms with Gasteiger partial charge in [-0.05, 0) is 50.6 Å². The van der Waals surface area contributed by atoms with Gasteiger partial charge in [-0.3, -0.25) is 0 Å². The molecule has 20 heavy (non-hydrogen) atoms. The first-order valence-electron chi connectivity index (χ1n) is 6.35. The number of nitrogens with one attached hydrogen (secondary N) is 2.